The average molecular weight is 450 g/mol. The second-order valence-electron chi connectivity index (χ2n) is 6.97. The third-order valence-electron chi connectivity index (χ3n) is 4.82. The summed E-state index contributed by atoms with van der Waals surface area (Å²) in [6.07, 6.45) is 4.28. The monoisotopic (exact) mass is 449 g/mol. The van der Waals surface area contributed by atoms with Gasteiger partial charge in [0.25, 0.3) is 0 Å². The van der Waals surface area contributed by atoms with Gasteiger partial charge in [0.15, 0.2) is 5.16 Å². The first-order valence-electron chi connectivity index (χ1n) is 10.3. The number of carbonyl (C=O) groups excluding carboxylic acids is 1. The van der Waals surface area contributed by atoms with Crippen LogP contribution in [0.15, 0.2) is 70.9 Å². The molecule has 0 fully saturated rings. The number of ether oxygens (including phenoxy) is 1. The molecule has 1 amide bonds. The number of nitrogens with zero attached hydrogens (tertiary/aromatic N) is 4. The molecule has 0 atom stereocenters. The summed E-state index contributed by atoms with van der Waals surface area (Å²) in [5.74, 6) is 0.744. The van der Waals surface area contributed by atoms with Crippen molar-refractivity contribution in [2.75, 3.05) is 17.7 Å². The molecule has 2 aromatic carbocycles. The molecule has 0 radical (unpaired) electrons. The van der Waals surface area contributed by atoms with E-state index in [9.17, 15) is 9.59 Å². The summed E-state index contributed by atoms with van der Waals surface area (Å²) in [6.45, 7) is 4.56. The molecule has 1 N–H and O–H groups in total. The van der Waals surface area contributed by atoms with Crippen molar-refractivity contribution in [2.45, 2.75) is 25.4 Å². The van der Waals surface area contributed by atoms with Crippen LogP contribution in [-0.4, -0.2) is 37.4 Å². The highest BCUT2D eigenvalue weighted by Crippen LogP contribution is 2.18. The Labute approximate surface area is 189 Å². The number of carbonyl (C=O) groups is 1. The van der Waals surface area contributed by atoms with Crippen LogP contribution in [0, 0.1) is 0 Å². The van der Waals surface area contributed by atoms with E-state index in [0.717, 1.165) is 23.4 Å². The first-order chi connectivity index (χ1) is 15.6. The number of aromatic nitrogens is 4. The molecular formula is C23H23N5O3S. The largest absolute Gasteiger partial charge is 0.494 e. The van der Waals surface area contributed by atoms with E-state index in [4.69, 9.17) is 4.74 Å². The minimum atomic E-state index is -0.295. The molecular weight excluding hydrogens is 426 g/mol. The molecule has 0 aliphatic heterocycles. The summed E-state index contributed by atoms with van der Waals surface area (Å²) in [4.78, 5) is 25.3. The van der Waals surface area contributed by atoms with Crippen molar-refractivity contribution in [1.82, 2.24) is 19.2 Å². The van der Waals surface area contributed by atoms with Crippen molar-refractivity contribution in [2.24, 2.45) is 0 Å². The van der Waals surface area contributed by atoms with Crippen molar-refractivity contribution in [1.29, 1.82) is 0 Å². The SMILES string of the molecule is CCOc1ccc(-n2ccn3c(SCC(=O)Nc4cccc(CC)c4)nnc3c2=O)cc1. The van der Waals surface area contributed by atoms with Gasteiger partial charge in [-0.1, -0.05) is 30.8 Å². The Morgan fingerprint density at radius 3 is 2.66 bits per heavy atom. The zero-order valence-corrected chi connectivity index (χ0v) is 18.6. The average Bonchev–Trinajstić information content (AvgIpc) is 3.23. The number of thioether (sulfide) groups is 1. The standard InChI is InChI=1S/C23H23N5O3S/c1-3-16-6-5-7-17(14-16)24-20(29)15-32-23-26-25-21-22(30)27(12-13-28(21)23)18-8-10-19(11-9-18)31-4-2/h5-14H,3-4,15H2,1-2H3,(H,24,29). The molecule has 0 spiro atoms. The van der Waals surface area contributed by atoms with Crippen LogP contribution >= 0.6 is 11.8 Å². The van der Waals surface area contributed by atoms with Crippen LogP contribution in [0.5, 0.6) is 5.75 Å². The van der Waals surface area contributed by atoms with E-state index >= 15 is 0 Å². The normalized spacial score (nSPS) is 10.9. The molecule has 2 heterocycles. The lowest BCUT2D eigenvalue weighted by Gasteiger charge is -2.08. The second kappa shape index (κ2) is 9.69. The molecule has 0 aliphatic carbocycles. The molecule has 0 bridgehead atoms. The first kappa shape index (κ1) is 21.6. The van der Waals surface area contributed by atoms with Crippen molar-refractivity contribution in [3.8, 4) is 11.4 Å². The fourth-order valence-corrected chi connectivity index (χ4v) is 3.95. The summed E-state index contributed by atoms with van der Waals surface area (Å²) < 4.78 is 8.55. The van der Waals surface area contributed by atoms with Gasteiger partial charge in [-0.25, -0.2) is 0 Å². The maximum atomic E-state index is 12.9. The number of aryl methyl sites for hydroxylation is 1. The Kier molecular flexibility index (Phi) is 6.55. The minimum absolute atomic E-state index is 0.150. The quantitative estimate of drug-likeness (QED) is 0.414. The molecule has 4 aromatic rings. The summed E-state index contributed by atoms with van der Waals surface area (Å²) >= 11 is 1.22. The second-order valence-corrected chi connectivity index (χ2v) is 7.91. The van der Waals surface area contributed by atoms with Gasteiger partial charge in [-0.15, -0.1) is 10.2 Å². The fourth-order valence-electron chi connectivity index (χ4n) is 3.23. The van der Waals surface area contributed by atoms with Gasteiger partial charge in [0.2, 0.25) is 11.6 Å². The van der Waals surface area contributed by atoms with E-state index in [0.29, 0.717) is 17.5 Å². The number of benzene rings is 2. The van der Waals surface area contributed by atoms with Crippen molar-refractivity contribution >= 4 is 29.0 Å². The predicted molar refractivity (Wildman–Crippen MR) is 125 cm³/mol. The molecule has 0 saturated heterocycles. The lowest BCUT2D eigenvalue weighted by molar-refractivity contribution is -0.113. The molecule has 2 aromatic heterocycles. The Hall–Kier alpha value is -3.59. The van der Waals surface area contributed by atoms with E-state index < -0.39 is 0 Å². The third kappa shape index (κ3) is 4.67. The number of hydrogen-bond donors (Lipinski definition) is 1. The summed E-state index contributed by atoms with van der Waals surface area (Å²) in [5.41, 5.74) is 2.52. The summed E-state index contributed by atoms with van der Waals surface area (Å²) in [6, 6.07) is 15.0. The van der Waals surface area contributed by atoms with Crippen LogP contribution < -0.4 is 15.6 Å². The smallest absolute Gasteiger partial charge is 0.300 e. The highest BCUT2D eigenvalue weighted by atomic mass is 32.2. The van der Waals surface area contributed by atoms with E-state index in [1.807, 2.05) is 55.5 Å². The zero-order chi connectivity index (χ0) is 22.5. The van der Waals surface area contributed by atoms with Crippen molar-refractivity contribution in [3.63, 3.8) is 0 Å². The number of rotatable bonds is 8. The molecule has 32 heavy (non-hydrogen) atoms. The minimum Gasteiger partial charge on any atom is -0.494 e. The lowest BCUT2D eigenvalue weighted by atomic mass is 10.1. The Morgan fingerprint density at radius 2 is 1.91 bits per heavy atom. The molecule has 0 saturated carbocycles. The maximum absolute atomic E-state index is 12.9. The summed E-state index contributed by atoms with van der Waals surface area (Å²) in [5, 5.41) is 11.5. The fraction of sp³-hybridized carbons (Fsp3) is 0.217. The van der Waals surface area contributed by atoms with Gasteiger partial charge >= 0.3 is 5.56 Å². The number of anilines is 1. The van der Waals surface area contributed by atoms with Crippen LogP contribution in [-0.2, 0) is 11.2 Å². The summed E-state index contributed by atoms with van der Waals surface area (Å²) in [7, 11) is 0. The molecule has 4 rings (SSSR count). The third-order valence-corrected chi connectivity index (χ3v) is 5.76. The van der Waals surface area contributed by atoms with Gasteiger partial charge in [-0.3, -0.25) is 18.6 Å². The van der Waals surface area contributed by atoms with Crippen LogP contribution in [0.4, 0.5) is 5.69 Å². The van der Waals surface area contributed by atoms with Crippen molar-refractivity contribution < 1.29 is 9.53 Å². The van der Waals surface area contributed by atoms with Gasteiger partial charge < -0.3 is 10.1 Å². The van der Waals surface area contributed by atoms with E-state index in [1.165, 1.54) is 16.3 Å². The van der Waals surface area contributed by atoms with Crippen molar-refractivity contribution in [3.05, 3.63) is 76.8 Å². The van der Waals surface area contributed by atoms with Crippen LogP contribution in [0.3, 0.4) is 0 Å². The topological polar surface area (TPSA) is 90.5 Å². The van der Waals surface area contributed by atoms with Crippen LogP contribution in [0.2, 0.25) is 0 Å². The van der Waals surface area contributed by atoms with Crippen LogP contribution in [0.1, 0.15) is 19.4 Å². The molecule has 164 valence electrons. The molecule has 0 aliphatic rings. The Bertz CT molecular complexity index is 1300. The Balaban J connectivity index is 1.48. The predicted octanol–water partition coefficient (Wildman–Crippen LogP) is 3.57. The first-order valence-corrected chi connectivity index (χ1v) is 11.3. The van der Waals surface area contributed by atoms with E-state index in [2.05, 4.69) is 22.4 Å². The van der Waals surface area contributed by atoms with Gasteiger partial charge in [0.05, 0.1) is 12.4 Å². The van der Waals surface area contributed by atoms with Crippen LogP contribution in [0.25, 0.3) is 11.3 Å². The van der Waals surface area contributed by atoms with Gasteiger partial charge in [-0.05, 0) is 55.3 Å². The maximum Gasteiger partial charge on any atom is 0.300 e. The molecule has 8 nitrogen and oxygen atoms in total. The number of fused-ring (bicyclic) bond motifs is 1. The lowest BCUT2D eigenvalue weighted by Crippen LogP contribution is -2.20. The van der Waals surface area contributed by atoms with E-state index in [-0.39, 0.29) is 22.9 Å². The zero-order valence-electron chi connectivity index (χ0n) is 17.8. The molecule has 0 unspecified atom stereocenters. The van der Waals surface area contributed by atoms with Gasteiger partial charge in [0.1, 0.15) is 5.75 Å². The van der Waals surface area contributed by atoms with Gasteiger partial charge in [-0.2, -0.15) is 0 Å². The van der Waals surface area contributed by atoms with Gasteiger partial charge in [0, 0.05) is 23.8 Å². The highest BCUT2D eigenvalue weighted by Gasteiger charge is 2.14. The number of nitrogens with one attached hydrogen (secondary N) is 1. The molecule has 9 heteroatoms. The van der Waals surface area contributed by atoms with E-state index in [1.54, 1.807) is 16.8 Å². The Morgan fingerprint density at radius 1 is 1.09 bits per heavy atom. The number of hydrogen-bond acceptors (Lipinski definition) is 6. The number of amides is 1. The highest BCUT2D eigenvalue weighted by molar-refractivity contribution is 7.99.